The minimum absolute atomic E-state index is 0.753. The topological polar surface area (TPSA) is 41.3 Å². The predicted molar refractivity (Wildman–Crippen MR) is 125 cm³/mol. The molecule has 144 valence electrons. The van der Waals surface area contributed by atoms with E-state index in [0.29, 0.717) is 0 Å². The first-order valence-electron chi connectivity index (χ1n) is 9.75. The largest absolute Gasteiger partial charge is 0.399 e. The van der Waals surface area contributed by atoms with Gasteiger partial charge in [0.25, 0.3) is 0 Å². The number of aryl methyl sites for hydroxylation is 2. The molecule has 0 aromatic heterocycles. The van der Waals surface area contributed by atoms with E-state index in [0.717, 1.165) is 34.1 Å². The molecule has 29 heavy (non-hydrogen) atoms. The number of anilines is 6. The molecule has 0 radical (unpaired) electrons. The molecule has 0 saturated carbocycles. The standard InChI is InChI=1S/C26H25N3/c1-19-7-13-22(14-8-19)28-25-5-3-4-6-26(25)29(23-15-9-20(2)10-16-23)24-17-11-21(27)12-18-24/h3-18,28H,27H2,1-2H3. The summed E-state index contributed by atoms with van der Waals surface area (Å²) in [5.41, 5.74) is 14.5. The Hall–Kier alpha value is -3.72. The third-order valence-electron chi connectivity index (χ3n) is 4.92. The summed E-state index contributed by atoms with van der Waals surface area (Å²) in [4.78, 5) is 2.25. The summed E-state index contributed by atoms with van der Waals surface area (Å²) >= 11 is 0. The molecule has 0 saturated heterocycles. The number of nitrogens with one attached hydrogen (secondary N) is 1. The summed E-state index contributed by atoms with van der Waals surface area (Å²) in [6.45, 7) is 4.20. The summed E-state index contributed by atoms with van der Waals surface area (Å²) in [5.74, 6) is 0. The summed E-state index contributed by atoms with van der Waals surface area (Å²) < 4.78 is 0. The average Bonchev–Trinajstić information content (AvgIpc) is 2.74. The van der Waals surface area contributed by atoms with Gasteiger partial charge in [-0.2, -0.15) is 0 Å². The second-order valence-corrected chi connectivity index (χ2v) is 7.27. The van der Waals surface area contributed by atoms with Crippen LogP contribution >= 0.6 is 0 Å². The fourth-order valence-electron chi connectivity index (χ4n) is 3.31. The van der Waals surface area contributed by atoms with E-state index >= 15 is 0 Å². The zero-order valence-electron chi connectivity index (χ0n) is 16.8. The molecule has 0 atom stereocenters. The molecular formula is C26H25N3. The SMILES string of the molecule is Cc1ccc(Nc2ccccc2N(c2ccc(C)cc2)c2ccc(N)cc2)cc1. The van der Waals surface area contributed by atoms with Crippen LogP contribution in [-0.4, -0.2) is 0 Å². The third kappa shape index (κ3) is 4.25. The summed E-state index contributed by atoms with van der Waals surface area (Å²) in [5, 5.41) is 3.58. The second kappa shape index (κ2) is 8.11. The van der Waals surface area contributed by atoms with Gasteiger partial charge in [0.1, 0.15) is 0 Å². The minimum Gasteiger partial charge on any atom is -0.399 e. The van der Waals surface area contributed by atoms with Crippen LogP contribution in [0.5, 0.6) is 0 Å². The van der Waals surface area contributed by atoms with Gasteiger partial charge in [0, 0.05) is 22.7 Å². The van der Waals surface area contributed by atoms with Crippen molar-refractivity contribution in [2.24, 2.45) is 0 Å². The molecule has 4 aromatic rings. The molecule has 3 N–H and O–H groups in total. The fourth-order valence-corrected chi connectivity index (χ4v) is 3.31. The molecule has 0 fully saturated rings. The van der Waals surface area contributed by atoms with Crippen LogP contribution in [0, 0.1) is 13.8 Å². The van der Waals surface area contributed by atoms with Crippen molar-refractivity contribution in [3.63, 3.8) is 0 Å². The number of hydrogen-bond donors (Lipinski definition) is 2. The van der Waals surface area contributed by atoms with Gasteiger partial charge in [0.05, 0.1) is 11.4 Å². The number of nitrogen functional groups attached to an aromatic ring is 1. The monoisotopic (exact) mass is 379 g/mol. The Kier molecular flexibility index (Phi) is 5.21. The van der Waals surface area contributed by atoms with Crippen LogP contribution in [0.2, 0.25) is 0 Å². The van der Waals surface area contributed by atoms with Crippen molar-refractivity contribution in [1.29, 1.82) is 0 Å². The van der Waals surface area contributed by atoms with E-state index in [1.807, 2.05) is 12.1 Å². The van der Waals surface area contributed by atoms with Crippen LogP contribution in [0.15, 0.2) is 97.1 Å². The number of nitrogens with two attached hydrogens (primary N) is 1. The maximum atomic E-state index is 5.94. The van der Waals surface area contributed by atoms with Gasteiger partial charge >= 0.3 is 0 Å². The van der Waals surface area contributed by atoms with E-state index < -0.39 is 0 Å². The molecule has 0 aliphatic heterocycles. The quantitative estimate of drug-likeness (QED) is 0.363. The Morgan fingerprint density at radius 2 is 1.14 bits per heavy atom. The summed E-state index contributed by atoms with van der Waals surface area (Å²) in [7, 11) is 0. The lowest BCUT2D eigenvalue weighted by Gasteiger charge is -2.28. The van der Waals surface area contributed by atoms with Gasteiger partial charge in [-0.3, -0.25) is 0 Å². The minimum atomic E-state index is 0.753. The number of benzene rings is 4. The highest BCUT2D eigenvalue weighted by Crippen LogP contribution is 2.40. The van der Waals surface area contributed by atoms with Crippen molar-refractivity contribution in [2.75, 3.05) is 16.0 Å². The molecule has 4 rings (SSSR count). The molecule has 0 aliphatic carbocycles. The fraction of sp³-hybridized carbons (Fsp3) is 0.0769. The number of rotatable bonds is 5. The Balaban J connectivity index is 1.81. The first kappa shape index (κ1) is 18.6. The molecular weight excluding hydrogens is 354 g/mol. The molecule has 0 amide bonds. The average molecular weight is 380 g/mol. The Bertz CT molecular complexity index is 1040. The van der Waals surface area contributed by atoms with E-state index in [4.69, 9.17) is 5.73 Å². The maximum absolute atomic E-state index is 5.94. The third-order valence-corrected chi connectivity index (χ3v) is 4.92. The molecule has 3 nitrogen and oxygen atoms in total. The lowest BCUT2D eigenvalue weighted by atomic mass is 10.1. The van der Waals surface area contributed by atoms with Gasteiger partial charge in [0.2, 0.25) is 0 Å². The highest BCUT2D eigenvalue weighted by atomic mass is 15.2. The molecule has 3 heteroatoms. The Morgan fingerprint density at radius 3 is 1.76 bits per heavy atom. The van der Waals surface area contributed by atoms with Crippen molar-refractivity contribution >= 4 is 34.1 Å². The van der Waals surface area contributed by atoms with E-state index in [1.165, 1.54) is 11.1 Å². The van der Waals surface area contributed by atoms with Crippen molar-refractivity contribution in [3.8, 4) is 0 Å². The molecule has 0 spiro atoms. The molecule has 4 aromatic carbocycles. The lowest BCUT2D eigenvalue weighted by Crippen LogP contribution is -2.12. The van der Waals surface area contributed by atoms with Crippen molar-refractivity contribution < 1.29 is 0 Å². The number of nitrogens with zero attached hydrogens (tertiary/aromatic N) is 1. The van der Waals surface area contributed by atoms with Gasteiger partial charge in [0.15, 0.2) is 0 Å². The van der Waals surface area contributed by atoms with Crippen molar-refractivity contribution in [2.45, 2.75) is 13.8 Å². The molecule has 0 aliphatic rings. The molecule has 0 unspecified atom stereocenters. The maximum Gasteiger partial charge on any atom is 0.0696 e. The highest BCUT2D eigenvalue weighted by molar-refractivity contribution is 5.86. The highest BCUT2D eigenvalue weighted by Gasteiger charge is 2.16. The summed E-state index contributed by atoms with van der Waals surface area (Å²) in [6, 6.07) is 33.3. The molecule has 0 heterocycles. The van der Waals surface area contributed by atoms with Crippen LogP contribution < -0.4 is 16.0 Å². The second-order valence-electron chi connectivity index (χ2n) is 7.27. The van der Waals surface area contributed by atoms with E-state index in [1.54, 1.807) is 0 Å². The van der Waals surface area contributed by atoms with Gasteiger partial charge in [-0.25, -0.2) is 0 Å². The van der Waals surface area contributed by atoms with Gasteiger partial charge in [-0.1, -0.05) is 47.5 Å². The molecule has 0 bridgehead atoms. The Morgan fingerprint density at radius 1 is 0.621 bits per heavy atom. The smallest absolute Gasteiger partial charge is 0.0696 e. The van der Waals surface area contributed by atoms with Crippen LogP contribution in [0.25, 0.3) is 0 Å². The van der Waals surface area contributed by atoms with E-state index in [-0.39, 0.29) is 0 Å². The zero-order chi connectivity index (χ0) is 20.2. The van der Waals surface area contributed by atoms with Crippen LogP contribution in [0.1, 0.15) is 11.1 Å². The van der Waals surface area contributed by atoms with E-state index in [9.17, 15) is 0 Å². The van der Waals surface area contributed by atoms with Crippen molar-refractivity contribution in [1.82, 2.24) is 0 Å². The van der Waals surface area contributed by atoms with E-state index in [2.05, 4.69) is 109 Å². The first-order valence-corrected chi connectivity index (χ1v) is 9.75. The first-order chi connectivity index (χ1) is 14.1. The summed E-state index contributed by atoms with van der Waals surface area (Å²) in [6.07, 6.45) is 0. The predicted octanol–water partition coefficient (Wildman–Crippen LogP) is 7.10. The normalized spacial score (nSPS) is 10.6. The zero-order valence-corrected chi connectivity index (χ0v) is 16.8. The van der Waals surface area contributed by atoms with Crippen LogP contribution in [-0.2, 0) is 0 Å². The van der Waals surface area contributed by atoms with Crippen LogP contribution in [0.4, 0.5) is 34.1 Å². The van der Waals surface area contributed by atoms with Crippen LogP contribution in [0.3, 0.4) is 0 Å². The number of hydrogen-bond acceptors (Lipinski definition) is 3. The lowest BCUT2D eigenvalue weighted by molar-refractivity contribution is 1.27. The number of para-hydroxylation sites is 2. The van der Waals surface area contributed by atoms with Crippen molar-refractivity contribution in [3.05, 3.63) is 108 Å². The van der Waals surface area contributed by atoms with Gasteiger partial charge in [-0.05, 0) is 74.5 Å². The van der Waals surface area contributed by atoms with Gasteiger partial charge in [-0.15, -0.1) is 0 Å². The Labute approximate surface area is 172 Å². The van der Waals surface area contributed by atoms with Gasteiger partial charge < -0.3 is 16.0 Å².